The number of esters is 2. The molecule has 0 aromatic heterocycles. The van der Waals surface area contributed by atoms with Crippen LogP contribution in [0.3, 0.4) is 0 Å². The summed E-state index contributed by atoms with van der Waals surface area (Å²) >= 11 is 0. The van der Waals surface area contributed by atoms with Gasteiger partial charge in [-0.05, 0) is 19.3 Å². The van der Waals surface area contributed by atoms with Crippen molar-refractivity contribution in [3.05, 3.63) is 0 Å². The zero-order valence-electron chi connectivity index (χ0n) is 12.9. The average molecular weight is 322 g/mol. The number of rotatable bonds is 12. The second kappa shape index (κ2) is 12.8. The van der Waals surface area contributed by atoms with Crippen molar-refractivity contribution in [1.82, 2.24) is 0 Å². The van der Waals surface area contributed by atoms with Gasteiger partial charge in [-0.1, -0.05) is 26.7 Å². The molecule has 7 heteroatoms. The van der Waals surface area contributed by atoms with E-state index in [1.807, 2.05) is 13.8 Å². The SMILES string of the molecule is CCCCOC(=O)CCC(C[PH](=O)O)C(=O)OCCCC. The van der Waals surface area contributed by atoms with E-state index in [2.05, 4.69) is 0 Å². The standard InChI is InChI=1S/C14H27O6P/c1-3-5-9-19-13(15)8-7-12(11-21(17)18)14(16)20-10-6-4-2/h12,21H,3-11H2,1-2H3,(H,17,18). The van der Waals surface area contributed by atoms with E-state index < -0.39 is 19.9 Å². The van der Waals surface area contributed by atoms with Crippen molar-refractivity contribution < 1.29 is 28.5 Å². The summed E-state index contributed by atoms with van der Waals surface area (Å²) in [6.45, 7) is 4.65. The predicted molar refractivity (Wildman–Crippen MR) is 80.5 cm³/mol. The van der Waals surface area contributed by atoms with Crippen molar-refractivity contribution in [3.63, 3.8) is 0 Å². The first-order valence-corrected chi connectivity index (χ1v) is 9.11. The minimum atomic E-state index is -2.78. The van der Waals surface area contributed by atoms with Gasteiger partial charge >= 0.3 is 11.9 Å². The van der Waals surface area contributed by atoms with Crippen LogP contribution in [-0.4, -0.2) is 36.2 Å². The molecule has 0 heterocycles. The number of ether oxygens (including phenoxy) is 2. The summed E-state index contributed by atoms with van der Waals surface area (Å²) in [7, 11) is -2.78. The van der Waals surface area contributed by atoms with Gasteiger partial charge in [-0.15, -0.1) is 0 Å². The number of hydrogen-bond acceptors (Lipinski definition) is 5. The molecule has 0 radical (unpaired) electrons. The van der Waals surface area contributed by atoms with E-state index in [0.717, 1.165) is 25.7 Å². The Morgan fingerprint density at radius 2 is 1.67 bits per heavy atom. The van der Waals surface area contributed by atoms with Gasteiger partial charge in [0.1, 0.15) is 0 Å². The molecule has 124 valence electrons. The van der Waals surface area contributed by atoms with Gasteiger partial charge in [0.05, 0.1) is 19.1 Å². The van der Waals surface area contributed by atoms with Crippen LogP contribution in [-0.2, 0) is 23.6 Å². The van der Waals surface area contributed by atoms with Crippen LogP contribution in [0.5, 0.6) is 0 Å². The zero-order valence-corrected chi connectivity index (χ0v) is 13.9. The summed E-state index contributed by atoms with van der Waals surface area (Å²) in [4.78, 5) is 32.3. The van der Waals surface area contributed by atoms with Gasteiger partial charge in [-0.3, -0.25) is 14.2 Å². The van der Waals surface area contributed by atoms with Gasteiger partial charge in [0.2, 0.25) is 0 Å². The molecule has 2 unspecified atom stereocenters. The van der Waals surface area contributed by atoms with Gasteiger partial charge < -0.3 is 14.4 Å². The van der Waals surface area contributed by atoms with Crippen LogP contribution in [0.4, 0.5) is 0 Å². The molecule has 0 saturated heterocycles. The molecule has 0 saturated carbocycles. The maximum Gasteiger partial charge on any atom is 0.309 e. The quantitative estimate of drug-likeness (QED) is 0.337. The highest BCUT2D eigenvalue weighted by Crippen LogP contribution is 2.23. The molecule has 1 N–H and O–H groups in total. The van der Waals surface area contributed by atoms with E-state index in [-0.39, 0.29) is 25.0 Å². The van der Waals surface area contributed by atoms with Crippen molar-refractivity contribution >= 4 is 20.0 Å². The Morgan fingerprint density at radius 3 is 2.19 bits per heavy atom. The Bertz CT molecular complexity index is 331. The van der Waals surface area contributed by atoms with E-state index >= 15 is 0 Å². The predicted octanol–water partition coefficient (Wildman–Crippen LogP) is 2.54. The Labute approximate surface area is 127 Å². The van der Waals surface area contributed by atoms with Crippen molar-refractivity contribution in [1.29, 1.82) is 0 Å². The molecule has 0 spiro atoms. The van der Waals surface area contributed by atoms with Crippen molar-refractivity contribution in [3.8, 4) is 0 Å². The molecule has 0 bridgehead atoms. The van der Waals surface area contributed by atoms with Crippen LogP contribution >= 0.6 is 8.03 Å². The molecular weight excluding hydrogens is 295 g/mol. The zero-order chi connectivity index (χ0) is 16.1. The third-order valence-corrected chi connectivity index (χ3v) is 3.80. The molecule has 0 aliphatic heterocycles. The minimum absolute atomic E-state index is 0.0619. The Balaban J connectivity index is 4.19. The topological polar surface area (TPSA) is 89.9 Å². The maximum absolute atomic E-state index is 11.8. The monoisotopic (exact) mass is 322 g/mol. The highest BCUT2D eigenvalue weighted by molar-refractivity contribution is 7.38. The van der Waals surface area contributed by atoms with Crippen LogP contribution in [0.1, 0.15) is 52.4 Å². The molecule has 0 amide bonds. The average Bonchev–Trinajstić information content (AvgIpc) is 2.43. The van der Waals surface area contributed by atoms with Gasteiger partial charge in [0, 0.05) is 12.6 Å². The summed E-state index contributed by atoms with van der Waals surface area (Å²) in [5.74, 6) is -1.60. The summed E-state index contributed by atoms with van der Waals surface area (Å²) in [5.41, 5.74) is 0. The fraction of sp³-hybridized carbons (Fsp3) is 0.857. The van der Waals surface area contributed by atoms with Gasteiger partial charge in [0.25, 0.3) is 0 Å². The lowest BCUT2D eigenvalue weighted by molar-refractivity contribution is -0.149. The number of hydrogen-bond donors (Lipinski definition) is 1. The van der Waals surface area contributed by atoms with Gasteiger partial charge in [-0.25, -0.2) is 0 Å². The normalized spacial score (nSPS) is 13.5. The lowest BCUT2D eigenvalue weighted by Gasteiger charge is -2.14. The number of carbonyl (C=O) groups is 2. The summed E-state index contributed by atoms with van der Waals surface area (Å²) < 4.78 is 21.0. The van der Waals surface area contributed by atoms with E-state index in [4.69, 9.17) is 14.4 Å². The van der Waals surface area contributed by atoms with E-state index in [1.165, 1.54) is 0 Å². The lowest BCUT2D eigenvalue weighted by atomic mass is 10.1. The Hall–Kier alpha value is -0.870. The number of carbonyl (C=O) groups excluding carboxylic acids is 2. The van der Waals surface area contributed by atoms with Gasteiger partial charge in [-0.2, -0.15) is 0 Å². The lowest BCUT2D eigenvalue weighted by Crippen LogP contribution is -2.22. The van der Waals surface area contributed by atoms with Crippen molar-refractivity contribution in [2.75, 3.05) is 19.4 Å². The highest BCUT2D eigenvalue weighted by atomic mass is 31.1. The van der Waals surface area contributed by atoms with Crippen LogP contribution in [0.15, 0.2) is 0 Å². The van der Waals surface area contributed by atoms with E-state index in [1.54, 1.807) is 0 Å². The molecule has 0 aromatic carbocycles. The molecular formula is C14H27O6P. The maximum atomic E-state index is 11.8. The van der Waals surface area contributed by atoms with Crippen LogP contribution in [0.2, 0.25) is 0 Å². The van der Waals surface area contributed by atoms with Gasteiger partial charge in [0.15, 0.2) is 8.03 Å². The molecule has 21 heavy (non-hydrogen) atoms. The fourth-order valence-electron chi connectivity index (χ4n) is 1.64. The third-order valence-electron chi connectivity index (χ3n) is 2.95. The molecule has 2 atom stereocenters. The first-order chi connectivity index (χ1) is 10.0. The first-order valence-electron chi connectivity index (χ1n) is 7.55. The smallest absolute Gasteiger partial charge is 0.309 e. The van der Waals surface area contributed by atoms with Crippen molar-refractivity contribution in [2.45, 2.75) is 52.4 Å². The van der Waals surface area contributed by atoms with Crippen LogP contribution in [0, 0.1) is 5.92 Å². The second-order valence-corrected chi connectivity index (χ2v) is 6.12. The van der Waals surface area contributed by atoms with E-state index in [9.17, 15) is 14.2 Å². The molecule has 0 fully saturated rings. The molecule has 6 nitrogen and oxygen atoms in total. The molecule has 0 aliphatic carbocycles. The molecule has 0 rings (SSSR count). The van der Waals surface area contributed by atoms with Crippen LogP contribution in [0.25, 0.3) is 0 Å². The summed E-state index contributed by atoms with van der Waals surface area (Å²) in [6.07, 6.45) is 3.51. The van der Waals surface area contributed by atoms with E-state index in [0.29, 0.717) is 13.2 Å². The Morgan fingerprint density at radius 1 is 1.10 bits per heavy atom. The second-order valence-electron chi connectivity index (χ2n) is 4.93. The molecule has 0 aliphatic rings. The Kier molecular flexibility index (Phi) is 12.3. The summed E-state index contributed by atoms with van der Waals surface area (Å²) in [5, 5.41) is 0. The fourth-order valence-corrected chi connectivity index (χ4v) is 2.44. The first kappa shape index (κ1) is 20.1. The highest BCUT2D eigenvalue weighted by Gasteiger charge is 2.23. The largest absolute Gasteiger partial charge is 0.466 e. The number of unbranched alkanes of at least 4 members (excludes halogenated alkanes) is 2. The summed E-state index contributed by atoms with van der Waals surface area (Å²) in [6, 6.07) is 0. The molecule has 0 aromatic rings. The third kappa shape index (κ3) is 11.5. The van der Waals surface area contributed by atoms with Crippen molar-refractivity contribution in [2.24, 2.45) is 5.92 Å². The van der Waals surface area contributed by atoms with Crippen LogP contribution < -0.4 is 0 Å². The minimum Gasteiger partial charge on any atom is -0.466 e.